The second kappa shape index (κ2) is 6.92. The minimum absolute atomic E-state index is 0.282. The standard InChI is InChI=1S/C21H21N5O2/c1-13(2)25(21(27)28)19-20-24-23-14(3)26(20)17-12-8-7-11-16(17)18(22-19)15-9-5-4-6-10-15/h4-13,19H,1-3H3,(H,27,28). The maximum atomic E-state index is 12.1. The molecule has 0 radical (unpaired) electrons. The Morgan fingerprint density at radius 3 is 2.43 bits per heavy atom. The van der Waals surface area contributed by atoms with Crippen molar-refractivity contribution in [1.82, 2.24) is 19.7 Å². The van der Waals surface area contributed by atoms with Crippen LogP contribution >= 0.6 is 0 Å². The van der Waals surface area contributed by atoms with Crippen LogP contribution in [-0.2, 0) is 0 Å². The Labute approximate surface area is 163 Å². The van der Waals surface area contributed by atoms with Crippen LogP contribution in [0.4, 0.5) is 4.79 Å². The number of carbonyl (C=O) groups is 1. The number of rotatable bonds is 3. The van der Waals surface area contributed by atoms with E-state index in [0.29, 0.717) is 11.6 Å². The van der Waals surface area contributed by atoms with Crippen LogP contribution in [0.25, 0.3) is 5.69 Å². The fourth-order valence-electron chi connectivity index (χ4n) is 3.58. The van der Waals surface area contributed by atoms with E-state index in [2.05, 4.69) is 10.2 Å². The number of fused-ring (bicyclic) bond motifs is 3. The van der Waals surface area contributed by atoms with E-state index in [-0.39, 0.29) is 6.04 Å². The van der Waals surface area contributed by atoms with Crippen molar-refractivity contribution in [3.63, 3.8) is 0 Å². The van der Waals surface area contributed by atoms with Gasteiger partial charge in [-0.15, -0.1) is 10.2 Å². The van der Waals surface area contributed by atoms with Gasteiger partial charge in [0.25, 0.3) is 0 Å². The Morgan fingerprint density at radius 1 is 1.07 bits per heavy atom. The molecule has 2 aromatic carbocycles. The van der Waals surface area contributed by atoms with E-state index in [0.717, 1.165) is 22.5 Å². The van der Waals surface area contributed by atoms with E-state index in [9.17, 15) is 9.90 Å². The van der Waals surface area contributed by atoms with Crippen molar-refractivity contribution in [3.05, 3.63) is 77.4 Å². The van der Waals surface area contributed by atoms with Gasteiger partial charge in [0.1, 0.15) is 5.82 Å². The fourth-order valence-corrected chi connectivity index (χ4v) is 3.58. The van der Waals surface area contributed by atoms with Gasteiger partial charge in [0.15, 0.2) is 12.0 Å². The van der Waals surface area contributed by atoms with Crippen LogP contribution in [-0.4, -0.2) is 42.6 Å². The highest BCUT2D eigenvalue weighted by Gasteiger charge is 2.35. The van der Waals surface area contributed by atoms with Crippen molar-refractivity contribution in [2.24, 2.45) is 4.99 Å². The zero-order valence-electron chi connectivity index (χ0n) is 15.9. The number of para-hydroxylation sites is 1. The highest BCUT2D eigenvalue weighted by molar-refractivity contribution is 6.15. The molecule has 1 aromatic heterocycles. The molecule has 0 aliphatic carbocycles. The van der Waals surface area contributed by atoms with Crippen molar-refractivity contribution in [2.75, 3.05) is 0 Å². The molecule has 0 saturated heterocycles. The summed E-state index contributed by atoms with van der Waals surface area (Å²) < 4.78 is 1.90. The summed E-state index contributed by atoms with van der Waals surface area (Å²) >= 11 is 0. The van der Waals surface area contributed by atoms with E-state index in [1.54, 1.807) is 0 Å². The molecule has 1 amide bonds. The average molecular weight is 375 g/mol. The molecule has 0 saturated carbocycles. The first-order valence-corrected chi connectivity index (χ1v) is 9.15. The summed E-state index contributed by atoms with van der Waals surface area (Å²) in [6, 6.07) is 17.4. The van der Waals surface area contributed by atoms with Crippen LogP contribution in [0, 0.1) is 6.92 Å². The summed E-state index contributed by atoms with van der Waals surface area (Å²) in [7, 11) is 0. The van der Waals surface area contributed by atoms with E-state index < -0.39 is 12.3 Å². The van der Waals surface area contributed by atoms with Crippen molar-refractivity contribution < 1.29 is 9.90 Å². The third-order valence-corrected chi connectivity index (χ3v) is 4.82. The lowest BCUT2D eigenvalue weighted by Gasteiger charge is -2.29. The van der Waals surface area contributed by atoms with Gasteiger partial charge in [-0.05, 0) is 26.8 Å². The van der Waals surface area contributed by atoms with Gasteiger partial charge in [0, 0.05) is 17.2 Å². The summed E-state index contributed by atoms with van der Waals surface area (Å²) in [5, 5.41) is 18.4. The van der Waals surface area contributed by atoms with Gasteiger partial charge in [-0.3, -0.25) is 14.5 Å². The Bertz CT molecular complexity index is 1060. The molecule has 7 nitrogen and oxygen atoms in total. The molecule has 1 atom stereocenters. The fraction of sp³-hybridized carbons (Fsp3) is 0.238. The van der Waals surface area contributed by atoms with Gasteiger partial charge < -0.3 is 5.11 Å². The predicted octanol–water partition coefficient (Wildman–Crippen LogP) is 3.81. The highest BCUT2D eigenvalue weighted by Crippen LogP contribution is 2.33. The minimum atomic E-state index is -1.05. The number of nitrogens with zero attached hydrogens (tertiary/aromatic N) is 5. The van der Waals surface area contributed by atoms with E-state index in [1.165, 1.54) is 4.90 Å². The van der Waals surface area contributed by atoms with Crippen LogP contribution in [0.2, 0.25) is 0 Å². The van der Waals surface area contributed by atoms with E-state index in [1.807, 2.05) is 79.9 Å². The lowest BCUT2D eigenvalue weighted by atomic mass is 10.0. The second-order valence-corrected chi connectivity index (χ2v) is 6.96. The second-order valence-electron chi connectivity index (χ2n) is 6.96. The molecule has 142 valence electrons. The number of benzene rings is 2. The maximum Gasteiger partial charge on any atom is 0.409 e. The monoisotopic (exact) mass is 375 g/mol. The Hall–Kier alpha value is -3.48. The first kappa shape index (κ1) is 17.9. The Balaban J connectivity index is 2.05. The summed E-state index contributed by atoms with van der Waals surface area (Å²) in [6.07, 6.45) is -1.85. The van der Waals surface area contributed by atoms with Crippen molar-refractivity contribution >= 4 is 11.8 Å². The van der Waals surface area contributed by atoms with Gasteiger partial charge in [0.2, 0.25) is 0 Å². The molecular weight excluding hydrogens is 354 g/mol. The molecule has 1 aliphatic heterocycles. The average Bonchev–Trinajstić information content (AvgIpc) is 2.99. The molecule has 3 aromatic rings. The Morgan fingerprint density at radius 2 is 1.75 bits per heavy atom. The molecule has 1 unspecified atom stereocenters. The van der Waals surface area contributed by atoms with Gasteiger partial charge >= 0.3 is 6.09 Å². The molecule has 0 spiro atoms. The molecule has 28 heavy (non-hydrogen) atoms. The van der Waals surface area contributed by atoms with Gasteiger partial charge in [-0.1, -0.05) is 48.5 Å². The summed E-state index contributed by atoms with van der Waals surface area (Å²) in [5.41, 5.74) is 3.46. The number of carboxylic acid groups (broad SMARTS) is 1. The number of aliphatic imine (C=N–C) groups is 1. The lowest BCUT2D eigenvalue weighted by molar-refractivity contribution is 0.106. The first-order valence-electron chi connectivity index (χ1n) is 9.15. The molecule has 1 N–H and O–H groups in total. The Kier molecular flexibility index (Phi) is 4.43. The summed E-state index contributed by atoms with van der Waals surface area (Å²) in [6.45, 7) is 5.52. The van der Waals surface area contributed by atoms with E-state index >= 15 is 0 Å². The van der Waals surface area contributed by atoms with Crippen LogP contribution in [0.3, 0.4) is 0 Å². The number of aromatic nitrogens is 3. The smallest absolute Gasteiger partial charge is 0.409 e. The third-order valence-electron chi connectivity index (χ3n) is 4.82. The van der Waals surface area contributed by atoms with Crippen LogP contribution in [0.5, 0.6) is 0 Å². The minimum Gasteiger partial charge on any atom is -0.465 e. The molecular formula is C21H21N5O2. The highest BCUT2D eigenvalue weighted by atomic mass is 16.4. The maximum absolute atomic E-state index is 12.1. The summed E-state index contributed by atoms with van der Waals surface area (Å²) in [5.74, 6) is 1.18. The SMILES string of the molecule is Cc1nnc2n1-c1ccccc1C(c1ccccc1)=NC2N(C(=O)O)C(C)C. The predicted molar refractivity (Wildman–Crippen MR) is 106 cm³/mol. The molecule has 0 fully saturated rings. The van der Waals surface area contributed by atoms with Crippen molar-refractivity contribution in [1.29, 1.82) is 0 Å². The number of amides is 1. The molecule has 7 heteroatoms. The van der Waals surface area contributed by atoms with E-state index in [4.69, 9.17) is 4.99 Å². The summed E-state index contributed by atoms with van der Waals surface area (Å²) in [4.78, 5) is 18.3. The van der Waals surface area contributed by atoms with Crippen LogP contribution < -0.4 is 0 Å². The normalized spacial score (nSPS) is 15.4. The van der Waals surface area contributed by atoms with Crippen molar-refractivity contribution in [3.8, 4) is 5.69 Å². The number of hydrogen-bond donors (Lipinski definition) is 1. The third kappa shape index (κ3) is 2.85. The molecule has 0 bridgehead atoms. The quantitative estimate of drug-likeness (QED) is 0.754. The first-order chi connectivity index (χ1) is 13.5. The molecule has 2 heterocycles. The van der Waals surface area contributed by atoms with Gasteiger partial charge in [-0.2, -0.15) is 0 Å². The van der Waals surface area contributed by atoms with Crippen LogP contribution in [0.15, 0.2) is 59.6 Å². The molecule has 4 rings (SSSR count). The number of aryl methyl sites for hydroxylation is 1. The van der Waals surface area contributed by atoms with Gasteiger partial charge in [0.05, 0.1) is 11.4 Å². The number of hydrogen-bond acceptors (Lipinski definition) is 4. The molecule has 1 aliphatic rings. The van der Waals surface area contributed by atoms with Crippen LogP contribution in [0.1, 0.15) is 42.8 Å². The zero-order chi connectivity index (χ0) is 19.8. The largest absolute Gasteiger partial charge is 0.465 e. The lowest BCUT2D eigenvalue weighted by Crippen LogP contribution is -2.39. The van der Waals surface area contributed by atoms with Gasteiger partial charge in [-0.25, -0.2) is 4.79 Å². The van der Waals surface area contributed by atoms with Crippen molar-refractivity contribution in [2.45, 2.75) is 33.0 Å². The topological polar surface area (TPSA) is 83.6 Å². The zero-order valence-corrected chi connectivity index (χ0v) is 15.9.